The SMILES string of the molecule is CSCC(C)(O)CNC(=O)NC(C)c1ccc(C)cc1. The van der Waals surface area contributed by atoms with E-state index in [1.54, 1.807) is 18.7 Å². The molecule has 0 aromatic heterocycles. The molecule has 0 fully saturated rings. The van der Waals surface area contributed by atoms with Crippen LogP contribution in [0.4, 0.5) is 4.79 Å². The third kappa shape index (κ3) is 5.84. The van der Waals surface area contributed by atoms with E-state index in [1.165, 1.54) is 5.56 Å². The summed E-state index contributed by atoms with van der Waals surface area (Å²) >= 11 is 1.55. The van der Waals surface area contributed by atoms with Crippen molar-refractivity contribution >= 4 is 17.8 Å². The Bertz CT molecular complexity index is 432. The molecule has 2 unspecified atom stereocenters. The highest BCUT2D eigenvalue weighted by Crippen LogP contribution is 2.13. The Labute approximate surface area is 125 Å². The normalized spacial score (nSPS) is 15.2. The molecule has 5 heteroatoms. The van der Waals surface area contributed by atoms with Gasteiger partial charge in [-0.1, -0.05) is 29.8 Å². The van der Waals surface area contributed by atoms with Crippen molar-refractivity contribution in [1.29, 1.82) is 0 Å². The molecule has 0 aliphatic carbocycles. The Morgan fingerprint density at radius 2 is 2.00 bits per heavy atom. The van der Waals surface area contributed by atoms with Gasteiger partial charge < -0.3 is 15.7 Å². The monoisotopic (exact) mass is 296 g/mol. The second-order valence-corrected chi connectivity index (χ2v) is 6.26. The Kier molecular flexibility index (Phi) is 6.36. The van der Waals surface area contributed by atoms with Crippen LogP contribution in [0.3, 0.4) is 0 Å². The lowest BCUT2D eigenvalue weighted by Crippen LogP contribution is -2.46. The molecule has 1 rings (SSSR count). The fourth-order valence-electron chi connectivity index (χ4n) is 1.82. The van der Waals surface area contributed by atoms with Gasteiger partial charge in [0.05, 0.1) is 11.6 Å². The second kappa shape index (κ2) is 7.55. The van der Waals surface area contributed by atoms with Crippen LogP contribution in [0.5, 0.6) is 0 Å². The maximum atomic E-state index is 11.8. The summed E-state index contributed by atoms with van der Waals surface area (Å²) in [4.78, 5) is 11.8. The third-order valence-electron chi connectivity index (χ3n) is 3.01. The van der Waals surface area contributed by atoms with Crippen LogP contribution in [0.25, 0.3) is 0 Å². The topological polar surface area (TPSA) is 61.4 Å². The minimum atomic E-state index is -0.885. The van der Waals surface area contributed by atoms with Crippen molar-refractivity contribution in [3.05, 3.63) is 35.4 Å². The lowest BCUT2D eigenvalue weighted by molar-refractivity contribution is 0.0868. The first-order chi connectivity index (χ1) is 9.34. The molecular weight excluding hydrogens is 272 g/mol. The molecule has 4 nitrogen and oxygen atoms in total. The molecule has 0 aliphatic heterocycles. The van der Waals surface area contributed by atoms with Crippen molar-refractivity contribution in [3.63, 3.8) is 0 Å². The Hall–Kier alpha value is -1.20. The zero-order valence-corrected chi connectivity index (χ0v) is 13.4. The number of hydrogen-bond acceptors (Lipinski definition) is 3. The van der Waals surface area contributed by atoms with Crippen LogP contribution in [-0.2, 0) is 0 Å². The van der Waals surface area contributed by atoms with Gasteiger partial charge in [-0.05, 0) is 32.6 Å². The summed E-state index contributed by atoms with van der Waals surface area (Å²) in [5.74, 6) is 0.584. The van der Waals surface area contributed by atoms with Gasteiger partial charge in [0, 0.05) is 12.3 Å². The summed E-state index contributed by atoms with van der Waals surface area (Å²) in [5, 5.41) is 15.6. The second-order valence-electron chi connectivity index (χ2n) is 5.39. The van der Waals surface area contributed by atoms with E-state index in [-0.39, 0.29) is 18.6 Å². The number of aryl methyl sites for hydroxylation is 1. The highest BCUT2D eigenvalue weighted by Gasteiger charge is 2.20. The zero-order chi connectivity index (χ0) is 15.2. The molecule has 0 bridgehead atoms. The summed E-state index contributed by atoms with van der Waals surface area (Å²) in [6.07, 6.45) is 1.92. The molecule has 3 N–H and O–H groups in total. The standard InChI is InChI=1S/C15H24N2O2S/c1-11-5-7-13(8-6-11)12(2)17-14(18)16-9-15(3,19)10-20-4/h5-8,12,19H,9-10H2,1-4H3,(H2,16,17,18). The van der Waals surface area contributed by atoms with Gasteiger partial charge >= 0.3 is 6.03 Å². The number of hydrogen-bond donors (Lipinski definition) is 3. The van der Waals surface area contributed by atoms with E-state index in [0.717, 1.165) is 5.56 Å². The summed E-state index contributed by atoms with van der Waals surface area (Å²) in [5.41, 5.74) is 1.37. The van der Waals surface area contributed by atoms with Crippen molar-refractivity contribution in [3.8, 4) is 0 Å². The van der Waals surface area contributed by atoms with Gasteiger partial charge in [-0.25, -0.2) is 4.79 Å². The van der Waals surface area contributed by atoms with E-state index in [1.807, 2.05) is 44.4 Å². The molecule has 0 aliphatic rings. The Balaban J connectivity index is 2.44. The molecule has 1 aromatic carbocycles. The quantitative estimate of drug-likeness (QED) is 0.756. The average Bonchev–Trinajstić information content (AvgIpc) is 2.37. The zero-order valence-electron chi connectivity index (χ0n) is 12.6. The van der Waals surface area contributed by atoms with Gasteiger partial charge in [0.25, 0.3) is 0 Å². The Morgan fingerprint density at radius 3 is 2.55 bits per heavy atom. The van der Waals surface area contributed by atoms with E-state index in [9.17, 15) is 9.90 Å². The van der Waals surface area contributed by atoms with Crippen LogP contribution in [0, 0.1) is 6.92 Å². The molecule has 0 radical (unpaired) electrons. The summed E-state index contributed by atoms with van der Waals surface area (Å²) < 4.78 is 0. The summed E-state index contributed by atoms with van der Waals surface area (Å²) in [6, 6.07) is 7.72. The highest BCUT2D eigenvalue weighted by atomic mass is 32.2. The molecular formula is C15H24N2O2S. The first kappa shape index (κ1) is 16.9. The van der Waals surface area contributed by atoms with Crippen LogP contribution < -0.4 is 10.6 Å². The molecule has 0 heterocycles. The van der Waals surface area contributed by atoms with Crippen molar-refractivity contribution < 1.29 is 9.90 Å². The predicted octanol–water partition coefficient (Wildman–Crippen LogP) is 2.47. The fourth-order valence-corrected chi connectivity index (χ4v) is 2.54. The van der Waals surface area contributed by atoms with Crippen LogP contribution in [0.2, 0.25) is 0 Å². The minimum absolute atomic E-state index is 0.0684. The van der Waals surface area contributed by atoms with Gasteiger partial charge in [0.2, 0.25) is 0 Å². The molecule has 0 saturated heterocycles. The van der Waals surface area contributed by atoms with Gasteiger partial charge in [0.15, 0.2) is 0 Å². The van der Waals surface area contributed by atoms with E-state index in [2.05, 4.69) is 10.6 Å². The largest absolute Gasteiger partial charge is 0.387 e. The molecule has 112 valence electrons. The molecule has 1 aromatic rings. The number of carbonyl (C=O) groups is 1. The number of urea groups is 1. The Morgan fingerprint density at radius 1 is 1.40 bits per heavy atom. The maximum absolute atomic E-state index is 11.8. The van der Waals surface area contributed by atoms with E-state index in [4.69, 9.17) is 0 Å². The van der Waals surface area contributed by atoms with Crippen molar-refractivity contribution in [2.45, 2.75) is 32.4 Å². The van der Waals surface area contributed by atoms with Crippen LogP contribution in [-0.4, -0.2) is 35.3 Å². The lowest BCUT2D eigenvalue weighted by Gasteiger charge is -2.23. The lowest BCUT2D eigenvalue weighted by atomic mass is 10.1. The van der Waals surface area contributed by atoms with Gasteiger partial charge in [0.1, 0.15) is 0 Å². The molecule has 0 saturated carbocycles. The summed E-state index contributed by atoms with van der Waals surface area (Å²) in [6.45, 7) is 5.92. The number of benzene rings is 1. The van der Waals surface area contributed by atoms with Crippen LogP contribution in [0.1, 0.15) is 31.0 Å². The van der Waals surface area contributed by atoms with E-state index >= 15 is 0 Å². The third-order valence-corrected chi connectivity index (χ3v) is 3.92. The number of rotatable bonds is 6. The number of thioether (sulfide) groups is 1. The number of amides is 2. The van der Waals surface area contributed by atoms with Crippen molar-refractivity contribution in [2.75, 3.05) is 18.6 Å². The number of nitrogens with one attached hydrogen (secondary N) is 2. The van der Waals surface area contributed by atoms with Crippen molar-refractivity contribution in [1.82, 2.24) is 10.6 Å². The summed E-state index contributed by atoms with van der Waals surface area (Å²) in [7, 11) is 0. The number of carbonyl (C=O) groups excluding carboxylic acids is 1. The average molecular weight is 296 g/mol. The molecule has 0 spiro atoms. The van der Waals surface area contributed by atoms with E-state index in [0.29, 0.717) is 5.75 Å². The molecule has 20 heavy (non-hydrogen) atoms. The molecule has 2 amide bonds. The van der Waals surface area contributed by atoms with Gasteiger partial charge in [-0.2, -0.15) is 11.8 Å². The number of aliphatic hydroxyl groups is 1. The maximum Gasteiger partial charge on any atom is 0.315 e. The predicted molar refractivity (Wildman–Crippen MR) is 85.1 cm³/mol. The van der Waals surface area contributed by atoms with Crippen molar-refractivity contribution in [2.24, 2.45) is 0 Å². The van der Waals surface area contributed by atoms with E-state index < -0.39 is 5.60 Å². The smallest absolute Gasteiger partial charge is 0.315 e. The van der Waals surface area contributed by atoms with Crippen LogP contribution in [0.15, 0.2) is 24.3 Å². The molecule has 2 atom stereocenters. The fraction of sp³-hybridized carbons (Fsp3) is 0.533. The first-order valence-electron chi connectivity index (χ1n) is 6.66. The first-order valence-corrected chi connectivity index (χ1v) is 8.06. The van der Waals surface area contributed by atoms with Gasteiger partial charge in [-0.3, -0.25) is 0 Å². The van der Waals surface area contributed by atoms with Gasteiger partial charge in [-0.15, -0.1) is 0 Å². The highest BCUT2D eigenvalue weighted by molar-refractivity contribution is 7.98. The van der Waals surface area contributed by atoms with Crippen LogP contribution >= 0.6 is 11.8 Å². The minimum Gasteiger partial charge on any atom is -0.387 e.